The quantitative estimate of drug-likeness (QED) is 0.722. The number of carbonyl (C=O) groups excluding carboxylic acids is 2. The van der Waals surface area contributed by atoms with Crippen LogP contribution in [0.2, 0.25) is 5.02 Å². The Kier molecular flexibility index (Phi) is 5.45. The number of benzene rings is 2. The largest absolute Gasteiger partial charge is 0.486 e. The van der Waals surface area contributed by atoms with Gasteiger partial charge in [-0.25, -0.2) is 0 Å². The molecule has 2 aromatic carbocycles. The lowest BCUT2D eigenvalue weighted by molar-refractivity contribution is -0.132. The van der Waals surface area contributed by atoms with E-state index in [1.807, 2.05) is 30.3 Å². The van der Waals surface area contributed by atoms with Gasteiger partial charge >= 0.3 is 0 Å². The lowest BCUT2D eigenvalue weighted by Crippen LogP contribution is -2.42. The second kappa shape index (κ2) is 8.17. The SMILES string of the molecule is CN(C(=O)C=Cc1cc(Cl)c2c(c1)OCCO2)C1CCN(c2ccccc2)C1=O. The van der Waals surface area contributed by atoms with E-state index in [1.54, 1.807) is 30.2 Å². The zero-order valence-electron chi connectivity index (χ0n) is 16.0. The van der Waals surface area contributed by atoms with Gasteiger partial charge < -0.3 is 19.3 Å². The third-order valence-electron chi connectivity index (χ3n) is 5.10. The first-order valence-electron chi connectivity index (χ1n) is 9.45. The first kappa shape index (κ1) is 19.3. The minimum Gasteiger partial charge on any atom is -0.486 e. The normalized spacial score (nSPS) is 18.3. The highest BCUT2D eigenvalue weighted by Gasteiger charge is 2.36. The third-order valence-corrected chi connectivity index (χ3v) is 5.38. The van der Waals surface area contributed by atoms with Crippen LogP contribution in [0.1, 0.15) is 12.0 Å². The zero-order chi connectivity index (χ0) is 20.4. The Bertz CT molecular complexity index is 961. The molecule has 2 heterocycles. The second-order valence-corrected chi connectivity index (χ2v) is 7.35. The molecule has 7 heteroatoms. The number of rotatable bonds is 4. The van der Waals surface area contributed by atoms with E-state index in [-0.39, 0.29) is 11.8 Å². The van der Waals surface area contributed by atoms with E-state index >= 15 is 0 Å². The molecule has 2 aliphatic heterocycles. The molecular weight excluding hydrogens is 392 g/mol. The Morgan fingerprint density at radius 1 is 1.21 bits per heavy atom. The molecule has 1 fully saturated rings. The molecule has 2 aliphatic rings. The van der Waals surface area contributed by atoms with Crippen molar-refractivity contribution in [3.8, 4) is 11.5 Å². The fourth-order valence-corrected chi connectivity index (χ4v) is 3.83. The maximum absolute atomic E-state index is 12.8. The van der Waals surface area contributed by atoms with Gasteiger partial charge in [0.25, 0.3) is 0 Å². The van der Waals surface area contributed by atoms with Crippen LogP contribution in [-0.2, 0) is 9.59 Å². The fourth-order valence-electron chi connectivity index (χ4n) is 3.55. The number of anilines is 1. The van der Waals surface area contributed by atoms with Gasteiger partial charge in [0, 0.05) is 25.4 Å². The van der Waals surface area contributed by atoms with E-state index in [1.165, 1.54) is 11.0 Å². The molecule has 6 nitrogen and oxygen atoms in total. The Morgan fingerprint density at radius 2 is 1.97 bits per heavy atom. The predicted molar refractivity (Wildman–Crippen MR) is 111 cm³/mol. The average Bonchev–Trinajstić information content (AvgIpc) is 3.13. The van der Waals surface area contributed by atoms with Crippen molar-refractivity contribution in [2.75, 3.05) is 31.7 Å². The van der Waals surface area contributed by atoms with Crippen LogP contribution in [0.4, 0.5) is 5.69 Å². The van der Waals surface area contributed by atoms with Crippen molar-refractivity contribution in [1.82, 2.24) is 4.90 Å². The first-order chi connectivity index (χ1) is 14.0. The van der Waals surface area contributed by atoms with Crippen LogP contribution in [0.15, 0.2) is 48.5 Å². The van der Waals surface area contributed by atoms with Gasteiger partial charge in [0.2, 0.25) is 11.8 Å². The van der Waals surface area contributed by atoms with Crippen LogP contribution in [-0.4, -0.2) is 49.6 Å². The molecule has 0 spiro atoms. The van der Waals surface area contributed by atoms with Crippen molar-refractivity contribution < 1.29 is 19.1 Å². The lowest BCUT2D eigenvalue weighted by Gasteiger charge is -2.23. The molecule has 0 saturated carbocycles. The first-order valence-corrected chi connectivity index (χ1v) is 9.83. The van der Waals surface area contributed by atoms with Crippen LogP contribution in [0.5, 0.6) is 11.5 Å². The van der Waals surface area contributed by atoms with E-state index in [0.717, 1.165) is 11.3 Å². The smallest absolute Gasteiger partial charge is 0.249 e. The number of ether oxygens (including phenoxy) is 2. The summed E-state index contributed by atoms with van der Waals surface area (Å²) in [7, 11) is 1.65. The summed E-state index contributed by atoms with van der Waals surface area (Å²) in [6.45, 7) is 1.51. The van der Waals surface area contributed by atoms with Crippen LogP contribution in [0, 0.1) is 0 Å². The summed E-state index contributed by atoms with van der Waals surface area (Å²) in [6.07, 6.45) is 3.71. The van der Waals surface area contributed by atoms with Gasteiger partial charge in [-0.05, 0) is 42.3 Å². The fraction of sp³-hybridized carbons (Fsp3) is 0.273. The molecule has 29 heavy (non-hydrogen) atoms. The van der Waals surface area contributed by atoms with E-state index in [0.29, 0.717) is 42.7 Å². The molecule has 1 atom stereocenters. The van der Waals surface area contributed by atoms with Crippen LogP contribution < -0.4 is 14.4 Å². The highest BCUT2D eigenvalue weighted by molar-refractivity contribution is 6.32. The maximum Gasteiger partial charge on any atom is 0.249 e. The number of amides is 2. The van der Waals surface area contributed by atoms with Crippen molar-refractivity contribution in [3.63, 3.8) is 0 Å². The lowest BCUT2D eigenvalue weighted by atomic mass is 10.1. The molecule has 4 rings (SSSR count). The Hall–Kier alpha value is -2.99. The highest BCUT2D eigenvalue weighted by atomic mass is 35.5. The van der Waals surface area contributed by atoms with Crippen molar-refractivity contribution in [1.29, 1.82) is 0 Å². The van der Waals surface area contributed by atoms with E-state index in [4.69, 9.17) is 21.1 Å². The Morgan fingerprint density at radius 3 is 2.76 bits per heavy atom. The van der Waals surface area contributed by atoms with Crippen molar-refractivity contribution in [3.05, 3.63) is 59.1 Å². The van der Waals surface area contributed by atoms with E-state index in [2.05, 4.69) is 0 Å². The van der Waals surface area contributed by atoms with Crippen molar-refractivity contribution >= 4 is 35.2 Å². The molecule has 0 N–H and O–H groups in total. The Labute approximate surface area is 174 Å². The summed E-state index contributed by atoms with van der Waals surface area (Å²) in [5.74, 6) is 0.775. The van der Waals surface area contributed by atoms with Crippen molar-refractivity contribution in [2.45, 2.75) is 12.5 Å². The van der Waals surface area contributed by atoms with Crippen LogP contribution in [0.3, 0.4) is 0 Å². The van der Waals surface area contributed by atoms with Crippen LogP contribution >= 0.6 is 11.6 Å². The van der Waals surface area contributed by atoms with Gasteiger partial charge in [0.05, 0.1) is 5.02 Å². The molecule has 0 bridgehead atoms. The summed E-state index contributed by atoms with van der Waals surface area (Å²) in [4.78, 5) is 28.6. The number of para-hydroxylation sites is 1. The van der Waals surface area contributed by atoms with Gasteiger partial charge in [-0.3, -0.25) is 9.59 Å². The number of likely N-dealkylation sites (N-methyl/N-ethyl adjacent to an activating group) is 1. The zero-order valence-corrected chi connectivity index (χ0v) is 16.8. The minimum atomic E-state index is -0.476. The molecule has 0 aromatic heterocycles. The third kappa shape index (κ3) is 3.93. The molecule has 1 saturated heterocycles. The van der Waals surface area contributed by atoms with Crippen molar-refractivity contribution in [2.24, 2.45) is 0 Å². The molecule has 1 unspecified atom stereocenters. The summed E-state index contributed by atoms with van der Waals surface area (Å²) < 4.78 is 11.1. The predicted octanol–water partition coefficient (Wildman–Crippen LogP) is 3.39. The highest BCUT2D eigenvalue weighted by Crippen LogP contribution is 2.38. The molecule has 150 valence electrons. The monoisotopic (exact) mass is 412 g/mol. The van der Waals surface area contributed by atoms with Gasteiger partial charge in [0.15, 0.2) is 11.5 Å². The molecule has 0 radical (unpaired) electrons. The molecule has 0 aliphatic carbocycles. The summed E-state index contributed by atoms with van der Waals surface area (Å²) in [5.41, 5.74) is 1.58. The number of nitrogens with zero attached hydrogens (tertiary/aromatic N) is 2. The second-order valence-electron chi connectivity index (χ2n) is 6.94. The van der Waals surface area contributed by atoms with Crippen LogP contribution in [0.25, 0.3) is 6.08 Å². The Balaban J connectivity index is 1.45. The number of halogens is 1. The number of fused-ring (bicyclic) bond motifs is 1. The van der Waals surface area contributed by atoms with E-state index in [9.17, 15) is 9.59 Å². The number of hydrogen-bond acceptors (Lipinski definition) is 4. The van der Waals surface area contributed by atoms with Gasteiger partial charge in [-0.15, -0.1) is 0 Å². The number of carbonyl (C=O) groups is 2. The summed E-state index contributed by atoms with van der Waals surface area (Å²) >= 11 is 6.24. The average molecular weight is 413 g/mol. The maximum atomic E-state index is 12.8. The summed E-state index contributed by atoms with van der Waals surface area (Å²) in [6, 6.07) is 12.5. The minimum absolute atomic E-state index is 0.0668. The molecular formula is C22H21ClN2O4. The van der Waals surface area contributed by atoms with Gasteiger partial charge in [-0.2, -0.15) is 0 Å². The van der Waals surface area contributed by atoms with Gasteiger partial charge in [0.1, 0.15) is 19.3 Å². The molecule has 2 amide bonds. The molecule has 2 aromatic rings. The number of hydrogen-bond donors (Lipinski definition) is 0. The standard InChI is InChI=1S/C22H21ClN2O4/c1-24(18-9-10-25(22(18)27)16-5-3-2-4-6-16)20(26)8-7-15-13-17(23)21-19(14-15)28-11-12-29-21/h2-8,13-14,18H,9-12H2,1H3. The topological polar surface area (TPSA) is 59.1 Å². The summed E-state index contributed by atoms with van der Waals surface area (Å²) in [5, 5.41) is 0.437. The van der Waals surface area contributed by atoms with Gasteiger partial charge in [-0.1, -0.05) is 29.8 Å². The van der Waals surface area contributed by atoms with E-state index < -0.39 is 6.04 Å².